The maximum absolute atomic E-state index is 9.55. The highest BCUT2D eigenvalue weighted by molar-refractivity contribution is 5.89. The van der Waals surface area contributed by atoms with Crippen molar-refractivity contribution < 1.29 is 24.6 Å². The van der Waals surface area contributed by atoms with Crippen molar-refractivity contribution in [3.63, 3.8) is 0 Å². The van der Waals surface area contributed by atoms with Crippen LogP contribution in [-0.2, 0) is 26.3 Å². The molecule has 0 aromatic heterocycles. The fraction of sp³-hybridized carbons (Fsp3) is 0.593. The molecule has 1 unspecified atom stereocenters. The third-order valence-electron chi connectivity index (χ3n) is 7.32. The van der Waals surface area contributed by atoms with E-state index in [2.05, 4.69) is 57.3 Å². The van der Waals surface area contributed by atoms with Gasteiger partial charge in [0.2, 0.25) is 0 Å². The molecule has 4 N–H and O–H groups in total. The molecule has 0 radical (unpaired) electrons. The molecule has 1 saturated carbocycles. The molecular weight excluding hydrogens is 432 g/mol. The molecule has 188 valence electrons. The van der Waals surface area contributed by atoms with Crippen molar-refractivity contribution in [1.82, 2.24) is 0 Å². The van der Waals surface area contributed by atoms with Gasteiger partial charge in [0.15, 0.2) is 0 Å². The topological polar surface area (TPSA) is 122 Å². The van der Waals surface area contributed by atoms with Crippen LogP contribution in [0.1, 0.15) is 82.4 Å². The Balaban J connectivity index is 0.000000440. The van der Waals surface area contributed by atoms with Crippen LogP contribution >= 0.6 is 0 Å². The van der Waals surface area contributed by atoms with Crippen molar-refractivity contribution in [2.75, 3.05) is 13.2 Å². The highest BCUT2D eigenvalue weighted by Gasteiger charge is 2.51. The number of oxime groups is 1. The second kappa shape index (κ2) is 12.2. The fourth-order valence-corrected chi connectivity index (χ4v) is 5.58. The number of benzene rings is 1. The lowest BCUT2D eigenvalue weighted by atomic mass is 9.50. The van der Waals surface area contributed by atoms with Gasteiger partial charge in [-0.2, -0.15) is 0 Å². The number of nitrogens with zero attached hydrogens (tertiary/aromatic N) is 1. The zero-order chi connectivity index (χ0) is 25.4. The molecule has 0 amide bonds. The number of carboxylic acid groups (broad SMARTS) is 2. The molecule has 1 aromatic rings. The van der Waals surface area contributed by atoms with Crippen LogP contribution in [0.5, 0.6) is 0 Å². The maximum atomic E-state index is 9.55. The van der Waals surface area contributed by atoms with Crippen molar-refractivity contribution >= 4 is 18.2 Å². The second-order valence-electron chi connectivity index (χ2n) is 10.2. The number of carboxylic acids is 2. The minimum Gasteiger partial charge on any atom is -0.478 e. The summed E-state index contributed by atoms with van der Waals surface area (Å²) in [6.07, 6.45) is 10.3. The molecule has 0 heterocycles. The Morgan fingerprint density at radius 1 is 1.21 bits per heavy atom. The summed E-state index contributed by atoms with van der Waals surface area (Å²) in [5.74, 6) is -1.29. The highest BCUT2D eigenvalue weighted by Crippen LogP contribution is 2.56. The highest BCUT2D eigenvalue weighted by atomic mass is 16.6. The van der Waals surface area contributed by atoms with Crippen molar-refractivity contribution in [2.45, 2.75) is 77.6 Å². The van der Waals surface area contributed by atoms with Gasteiger partial charge in [0.1, 0.15) is 6.61 Å². The average molecular weight is 473 g/mol. The van der Waals surface area contributed by atoms with Crippen molar-refractivity contribution in [1.29, 1.82) is 0 Å². The molecule has 1 aromatic carbocycles. The summed E-state index contributed by atoms with van der Waals surface area (Å²) in [6.45, 7) is 10.7. The molecule has 3 atom stereocenters. The van der Waals surface area contributed by atoms with Crippen LogP contribution in [0.2, 0.25) is 0 Å². The van der Waals surface area contributed by atoms with Gasteiger partial charge in [-0.05, 0) is 72.6 Å². The molecule has 2 aliphatic rings. The van der Waals surface area contributed by atoms with Crippen LogP contribution < -0.4 is 5.73 Å². The minimum absolute atomic E-state index is 0.115. The number of hydrogen-bond acceptors (Lipinski definition) is 5. The van der Waals surface area contributed by atoms with Crippen LogP contribution in [0.25, 0.3) is 0 Å². The van der Waals surface area contributed by atoms with E-state index in [9.17, 15) is 9.59 Å². The lowest BCUT2D eigenvalue weighted by Gasteiger charge is -2.54. The van der Waals surface area contributed by atoms with Crippen molar-refractivity contribution in [2.24, 2.45) is 22.2 Å². The lowest BCUT2D eigenvalue weighted by molar-refractivity contribution is -0.134. The molecule has 7 heteroatoms. The van der Waals surface area contributed by atoms with Gasteiger partial charge >= 0.3 is 11.9 Å². The van der Waals surface area contributed by atoms with Crippen LogP contribution in [-0.4, -0.2) is 41.5 Å². The molecular formula is C27H40N2O5. The summed E-state index contributed by atoms with van der Waals surface area (Å²) in [4.78, 5) is 24.6. The van der Waals surface area contributed by atoms with Gasteiger partial charge in [0.25, 0.3) is 0 Å². The quantitative estimate of drug-likeness (QED) is 0.214. The molecule has 2 aliphatic carbocycles. The van der Waals surface area contributed by atoms with E-state index in [1.54, 1.807) is 11.1 Å². The third kappa shape index (κ3) is 6.92. The van der Waals surface area contributed by atoms with Gasteiger partial charge in [0.05, 0.1) is 0 Å². The zero-order valence-electron chi connectivity index (χ0n) is 20.9. The fourth-order valence-electron chi connectivity index (χ4n) is 5.58. The first-order valence-corrected chi connectivity index (χ1v) is 12.2. The van der Waals surface area contributed by atoms with E-state index in [1.165, 1.54) is 37.7 Å². The number of aryl methyl sites for hydroxylation is 1. The molecule has 0 saturated heterocycles. The lowest BCUT2D eigenvalue weighted by Crippen LogP contribution is -2.49. The van der Waals surface area contributed by atoms with Gasteiger partial charge in [-0.25, -0.2) is 9.59 Å². The number of nitrogens with two attached hydrogens (primary N) is 1. The smallest absolute Gasteiger partial charge is 0.328 e. The summed E-state index contributed by atoms with van der Waals surface area (Å²) in [7, 11) is 0. The van der Waals surface area contributed by atoms with Crippen LogP contribution in [0, 0.1) is 11.3 Å². The van der Waals surface area contributed by atoms with Crippen LogP contribution in [0.4, 0.5) is 0 Å². The SMILES string of the molecule is CC(C)c1ccc2c(c1)CCC1[C@@](C)(C=NOCCCN)CCC[C@]21C.O=C(O)/C=C/C(=O)O. The van der Waals surface area contributed by atoms with Crippen LogP contribution in [0.15, 0.2) is 35.5 Å². The van der Waals surface area contributed by atoms with E-state index in [0.29, 0.717) is 37.1 Å². The van der Waals surface area contributed by atoms with Crippen molar-refractivity contribution in [3.05, 3.63) is 47.0 Å². The van der Waals surface area contributed by atoms with Crippen LogP contribution in [0.3, 0.4) is 0 Å². The molecule has 0 spiro atoms. The predicted octanol–water partition coefficient (Wildman–Crippen LogP) is 4.88. The molecule has 3 rings (SSSR count). The van der Waals surface area contributed by atoms with Gasteiger partial charge in [-0.3, -0.25) is 0 Å². The summed E-state index contributed by atoms with van der Waals surface area (Å²) in [5, 5.41) is 20.0. The van der Waals surface area contributed by atoms with Gasteiger partial charge in [-0.15, -0.1) is 0 Å². The Bertz CT molecular complexity index is 894. The molecule has 34 heavy (non-hydrogen) atoms. The largest absolute Gasteiger partial charge is 0.478 e. The van der Waals surface area contributed by atoms with E-state index in [1.807, 2.05) is 0 Å². The number of carbonyl (C=O) groups is 2. The van der Waals surface area contributed by atoms with E-state index >= 15 is 0 Å². The Labute approximate surface area is 203 Å². The number of aliphatic carboxylic acids is 2. The Morgan fingerprint density at radius 2 is 1.88 bits per heavy atom. The Hall–Kier alpha value is -2.67. The van der Waals surface area contributed by atoms with Gasteiger partial charge < -0.3 is 20.8 Å². The first-order chi connectivity index (χ1) is 16.0. The van der Waals surface area contributed by atoms with Gasteiger partial charge in [0, 0.05) is 23.8 Å². The summed E-state index contributed by atoms with van der Waals surface area (Å²) < 4.78 is 0. The maximum Gasteiger partial charge on any atom is 0.328 e. The first-order valence-electron chi connectivity index (χ1n) is 12.2. The van der Waals surface area contributed by atoms with E-state index in [-0.39, 0.29) is 10.8 Å². The molecule has 1 fully saturated rings. The normalized spacial score (nSPS) is 26.0. The minimum atomic E-state index is -1.26. The van der Waals surface area contributed by atoms with Crippen molar-refractivity contribution in [3.8, 4) is 0 Å². The van der Waals surface area contributed by atoms with Gasteiger partial charge in [-0.1, -0.05) is 57.5 Å². The zero-order valence-corrected chi connectivity index (χ0v) is 20.9. The summed E-state index contributed by atoms with van der Waals surface area (Å²) >= 11 is 0. The Morgan fingerprint density at radius 3 is 2.47 bits per heavy atom. The predicted molar refractivity (Wildman–Crippen MR) is 134 cm³/mol. The number of rotatable bonds is 8. The molecule has 0 aliphatic heterocycles. The monoisotopic (exact) mass is 472 g/mol. The molecule has 7 nitrogen and oxygen atoms in total. The summed E-state index contributed by atoms with van der Waals surface area (Å²) in [6, 6.07) is 7.25. The van der Waals surface area contributed by atoms with E-state index in [0.717, 1.165) is 6.42 Å². The van der Waals surface area contributed by atoms with E-state index < -0.39 is 11.9 Å². The molecule has 0 bridgehead atoms. The first kappa shape index (κ1) is 27.6. The Kier molecular flexibility index (Phi) is 9.86. The standard InChI is InChI=1S/C23H36N2O.C4H4O4/c1-17(2)18-7-9-20-19(15-18)8-10-21-22(3,11-5-12-23(20,21)4)16-25-26-14-6-13-24;5-3(6)1-2-4(7)8/h7,9,15-17,21H,5-6,8,10-14,24H2,1-4H3;1-2H,(H,5,6)(H,7,8)/b;2-1+/t21?,22-,23-;/m1./s1. The van der Waals surface area contributed by atoms with E-state index in [4.69, 9.17) is 20.8 Å². The number of hydrogen-bond donors (Lipinski definition) is 3. The third-order valence-corrected chi connectivity index (χ3v) is 7.32. The summed E-state index contributed by atoms with van der Waals surface area (Å²) in [5.41, 5.74) is 10.5. The average Bonchev–Trinajstić information content (AvgIpc) is 2.77. The number of fused-ring (bicyclic) bond motifs is 3. The second-order valence-corrected chi connectivity index (χ2v) is 10.2.